The van der Waals surface area contributed by atoms with Gasteiger partial charge in [0.05, 0.1) is 7.11 Å². The highest BCUT2D eigenvalue weighted by atomic mass is 19.3. The Kier molecular flexibility index (Phi) is 6.20. The van der Waals surface area contributed by atoms with Crippen LogP contribution in [0.5, 0.6) is 11.5 Å². The lowest BCUT2D eigenvalue weighted by atomic mass is 9.92. The Bertz CT molecular complexity index is 417. The SMILES string of the molecule is COc1ccc(CNCCC(C)(C)C)cc1OC(F)F. The van der Waals surface area contributed by atoms with E-state index in [-0.39, 0.29) is 11.2 Å². The predicted molar refractivity (Wildman–Crippen MR) is 75.4 cm³/mol. The van der Waals surface area contributed by atoms with Crippen molar-refractivity contribution in [1.82, 2.24) is 5.32 Å². The van der Waals surface area contributed by atoms with E-state index in [1.165, 1.54) is 7.11 Å². The summed E-state index contributed by atoms with van der Waals surface area (Å²) in [6, 6.07) is 5.05. The van der Waals surface area contributed by atoms with Crippen LogP contribution in [0.2, 0.25) is 0 Å². The molecule has 0 radical (unpaired) electrons. The predicted octanol–water partition coefficient (Wildman–Crippen LogP) is 3.82. The molecule has 0 heterocycles. The number of methoxy groups -OCH3 is 1. The molecule has 3 nitrogen and oxygen atoms in total. The van der Waals surface area contributed by atoms with Gasteiger partial charge in [-0.15, -0.1) is 0 Å². The number of hydrogen-bond acceptors (Lipinski definition) is 3. The summed E-state index contributed by atoms with van der Waals surface area (Å²) in [5, 5.41) is 3.29. The van der Waals surface area contributed by atoms with Gasteiger partial charge in [-0.3, -0.25) is 0 Å². The maximum atomic E-state index is 12.3. The van der Waals surface area contributed by atoms with Crippen LogP contribution in [-0.2, 0) is 6.54 Å². The van der Waals surface area contributed by atoms with Crippen molar-refractivity contribution in [3.05, 3.63) is 23.8 Å². The minimum absolute atomic E-state index is 0.0672. The summed E-state index contributed by atoms with van der Waals surface area (Å²) >= 11 is 0. The number of ether oxygens (including phenoxy) is 2. The van der Waals surface area contributed by atoms with E-state index in [1.54, 1.807) is 12.1 Å². The zero-order valence-electron chi connectivity index (χ0n) is 12.5. The molecule has 0 fully saturated rings. The van der Waals surface area contributed by atoms with Crippen LogP contribution in [0, 0.1) is 5.41 Å². The third kappa shape index (κ3) is 6.19. The van der Waals surface area contributed by atoms with E-state index in [1.807, 2.05) is 6.07 Å². The second kappa shape index (κ2) is 7.43. The molecule has 0 unspecified atom stereocenters. The van der Waals surface area contributed by atoms with Crippen molar-refractivity contribution in [3.8, 4) is 11.5 Å². The monoisotopic (exact) mass is 287 g/mol. The summed E-state index contributed by atoms with van der Waals surface area (Å²) in [5.41, 5.74) is 1.16. The van der Waals surface area contributed by atoms with E-state index in [9.17, 15) is 8.78 Å². The van der Waals surface area contributed by atoms with Crippen LogP contribution in [0.1, 0.15) is 32.8 Å². The Morgan fingerprint density at radius 1 is 1.20 bits per heavy atom. The van der Waals surface area contributed by atoms with Gasteiger partial charge in [0.1, 0.15) is 0 Å². The number of hydrogen-bond donors (Lipinski definition) is 1. The molecule has 0 saturated carbocycles. The van der Waals surface area contributed by atoms with Crippen LogP contribution in [0.4, 0.5) is 8.78 Å². The Morgan fingerprint density at radius 2 is 1.90 bits per heavy atom. The first-order valence-electron chi connectivity index (χ1n) is 6.64. The van der Waals surface area contributed by atoms with E-state index in [0.29, 0.717) is 12.3 Å². The van der Waals surface area contributed by atoms with E-state index in [2.05, 4.69) is 30.8 Å². The summed E-state index contributed by atoms with van der Waals surface area (Å²) in [7, 11) is 1.43. The van der Waals surface area contributed by atoms with Crippen LogP contribution in [-0.4, -0.2) is 20.3 Å². The molecule has 0 aromatic heterocycles. The molecule has 114 valence electrons. The first-order chi connectivity index (χ1) is 9.31. The van der Waals surface area contributed by atoms with Crippen molar-refractivity contribution in [2.75, 3.05) is 13.7 Å². The van der Waals surface area contributed by atoms with Gasteiger partial charge in [0.2, 0.25) is 0 Å². The van der Waals surface area contributed by atoms with E-state index in [4.69, 9.17) is 4.74 Å². The van der Waals surface area contributed by atoms with Crippen LogP contribution in [0.3, 0.4) is 0 Å². The largest absolute Gasteiger partial charge is 0.493 e. The summed E-state index contributed by atoms with van der Waals surface area (Å²) in [6.45, 7) is 5.16. The molecule has 0 amide bonds. The fraction of sp³-hybridized carbons (Fsp3) is 0.600. The van der Waals surface area contributed by atoms with Crippen molar-refractivity contribution in [1.29, 1.82) is 0 Å². The van der Waals surface area contributed by atoms with Gasteiger partial charge in [-0.25, -0.2) is 0 Å². The zero-order chi connectivity index (χ0) is 15.2. The molecular formula is C15H23F2NO2. The summed E-state index contributed by atoms with van der Waals surface area (Å²) < 4.78 is 34.1. The van der Waals surface area contributed by atoms with Gasteiger partial charge >= 0.3 is 6.61 Å². The number of rotatable bonds is 7. The quantitative estimate of drug-likeness (QED) is 0.773. The molecule has 1 rings (SSSR count). The topological polar surface area (TPSA) is 30.5 Å². The smallest absolute Gasteiger partial charge is 0.387 e. The Labute approximate surface area is 119 Å². The van der Waals surface area contributed by atoms with Crippen molar-refractivity contribution >= 4 is 0 Å². The molecular weight excluding hydrogens is 264 g/mol. The average Bonchev–Trinajstić information content (AvgIpc) is 2.33. The standard InChI is InChI=1S/C15H23F2NO2/c1-15(2,3)7-8-18-10-11-5-6-12(19-4)13(9-11)20-14(16)17/h5-6,9,14,18H,7-8,10H2,1-4H3. The molecule has 1 aromatic carbocycles. The molecule has 20 heavy (non-hydrogen) atoms. The molecule has 0 aliphatic rings. The molecule has 5 heteroatoms. The van der Waals surface area contributed by atoms with Crippen LogP contribution in [0.15, 0.2) is 18.2 Å². The minimum atomic E-state index is -2.85. The molecule has 1 aromatic rings. The minimum Gasteiger partial charge on any atom is -0.493 e. The number of nitrogens with one attached hydrogen (secondary N) is 1. The lowest BCUT2D eigenvalue weighted by Crippen LogP contribution is -2.20. The molecule has 0 aliphatic heterocycles. The van der Waals surface area contributed by atoms with Gasteiger partial charge in [0.25, 0.3) is 0 Å². The van der Waals surface area contributed by atoms with Gasteiger partial charge in [-0.05, 0) is 36.1 Å². The Balaban J connectivity index is 2.58. The van der Waals surface area contributed by atoms with Crippen molar-refractivity contribution in [3.63, 3.8) is 0 Å². The van der Waals surface area contributed by atoms with E-state index < -0.39 is 6.61 Å². The first kappa shape index (κ1) is 16.7. The van der Waals surface area contributed by atoms with Gasteiger partial charge in [-0.2, -0.15) is 8.78 Å². The number of benzene rings is 1. The van der Waals surface area contributed by atoms with Gasteiger partial charge in [0, 0.05) is 6.54 Å². The Morgan fingerprint density at radius 3 is 2.45 bits per heavy atom. The molecule has 0 spiro atoms. The van der Waals surface area contributed by atoms with Gasteiger partial charge < -0.3 is 14.8 Å². The molecule has 0 atom stereocenters. The normalized spacial score (nSPS) is 11.8. The lowest BCUT2D eigenvalue weighted by Gasteiger charge is -2.18. The summed E-state index contributed by atoms with van der Waals surface area (Å²) in [5.74, 6) is 0.376. The highest BCUT2D eigenvalue weighted by Gasteiger charge is 2.12. The van der Waals surface area contributed by atoms with Crippen molar-refractivity contribution < 1.29 is 18.3 Å². The second-order valence-corrected chi connectivity index (χ2v) is 5.85. The van der Waals surface area contributed by atoms with E-state index >= 15 is 0 Å². The molecule has 0 saturated heterocycles. The van der Waals surface area contributed by atoms with Crippen LogP contribution in [0.25, 0.3) is 0 Å². The molecule has 0 bridgehead atoms. The van der Waals surface area contributed by atoms with E-state index in [0.717, 1.165) is 18.5 Å². The third-order valence-electron chi connectivity index (χ3n) is 2.82. The average molecular weight is 287 g/mol. The third-order valence-corrected chi connectivity index (χ3v) is 2.82. The Hall–Kier alpha value is -1.36. The number of alkyl halides is 2. The summed E-state index contributed by atoms with van der Waals surface area (Å²) in [4.78, 5) is 0. The first-order valence-corrected chi connectivity index (χ1v) is 6.64. The van der Waals surface area contributed by atoms with Crippen LogP contribution >= 0.6 is 0 Å². The highest BCUT2D eigenvalue weighted by molar-refractivity contribution is 5.42. The maximum Gasteiger partial charge on any atom is 0.387 e. The van der Waals surface area contributed by atoms with Crippen LogP contribution < -0.4 is 14.8 Å². The van der Waals surface area contributed by atoms with Gasteiger partial charge in [0.15, 0.2) is 11.5 Å². The second-order valence-electron chi connectivity index (χ2n) is 5.85. The van der Waals surface area contributed by atoms with Crippen molar-refractivity contribution in [2.45, 2.75) is 40.3 Å². The zero-order valence-corrected chi connectivity index (χ0v) is 12.5. The lowest BCUT2D eigenvalue weighted by molar-refractivity contribution is -0.0512. The van der Waals surface area contributed by atoms with Crippen molar-refractivity contribution in [2.24, 2.45) is 5.41 Å². The molecule has 1 N–H and O–H groups in total. The number of halogens is 2. The fourth-order valence-electron chi connectivity index (χ4n) is 1.72. The highest BCUT2D eigenvalue weighted by Crippen LogP contribution is 2.29. The summed E-state index contributed by atoms with van der Waals surface area (Å²) in [6.07, 6.45) is 1.05. The fourth-order valence-corrected chi connectivity index (χ4v) is 1.72. The molecule has 0 aliphatic carbocycles. The van der Waals surface area contributed by atoms with Gasteiger partial charge in [-0.1, -0.05) is 26.8 Å². The maximum absolute atomic E-state index is 12.3.